The van der Waals surface area contributed by atoms with Crippen molar-refractivity contribution in [2.45, 2.75) is 32.5 Å². The number of hydrogen-bond acceptors (Lipinski definition) is 6. The minimum absolute atomic E-state index is 0.00215. The fraction of sp³-hybridized carbons (Fsp3) is 0.500. The average molecular weight is 467 g/mol. The summed E-state index contributed by atoms with van der Waals surface area (Å²) >= 11 is 0. The van der Waals surface area contributed by atoms with E-state index in [0.717, 1.165) is 18.9 Å². The molecule has 11 heteroatoms. The minimum atomic E-state index is -4.54. The van der Waals surface area contributed by atoms with E-state index < -0.39 is 17.9 Å². The van der Waals surface area contributed by atoms with Gasteiger partial charge >= 0.3 is 12.2 Å². The van der Waals surface area contributed by atoms with Crippen LogP contribution in [0.3, 0.4) is 0 Å². The molecule has 0 atom stereocenters. The Morgan fingerprint density at radius 2 is 1.97 bits per heavy atom. The maximum absolute atomic E-state index is 13.2. The molecule has 1 aliphatic heterocycles. The number of carbonyl (C=O) groups is 1. The molecule has 180 valence electrons. The number of amides is 2. The Morgan fingerprint density at radius 3 is 2.58 bits per heavy atom. The molecule has 0 radical (unpaired) electrons. The van der Waals surface area contributed by atoms with Crippen LogP contribution in [-0.4, -0.2) is 54.4 Å². The lowest BCUT2D eigenvalue weighted by molar-refractivity contribution is -0.141. The third-order valence-corrected chi connectivity index (χ3v) is 5.60. The van der Waals surface area contributed by atoms with Crippen LogP contribution in [0.15, 0.2) is 30.5 Å². The predicted molar refractivity (Wildman–Crippen MR) is 120 cm³/mol. The Balaban J connectivity index is 1.66. The Labute approximate surface area is 190 Å². The molecule has 1 aliphatic rings. The number of carbonyl (C=O) groups excluding carboxylic acids is 1. The zero-order valence-electron chi connectivity index (χ0n) is 18.7. The molecular weight excluding hydrogens is 437 g/mol. The number of hydrogen-bond donors (Lipinski definition) is 3. The summed E-state index contributed by atoms with van der Waals surface area (Å²) in [4.78, 5) is 24.1. The third-order valence-electron chi connectivity index (χ3n) is 5.60. The molecule has 1 saturated heterocycles. The van der Waals surface area contributed by atoms with Gasteiger partial charge in [-0.05, 0) is 37.0 Å². The highest BCUT2D eigenvalue weighted by Crippen LogP contribution is 2.32. The van der Waals surface area contributed by atoms with E-state index in [1.807, 2.05) is 4.90 Å². The Morgan fingerprint density at radius 1 is 1.24 bits per heavy atom. The first-order valence-electron chi connectivity index (χ1n) is 10.8. The van der Waals surface area contributed by atoms with Crippen molar-refractivity contribution < 1.29 is 23.1 Å². The third kappa shape index (κ3) is 6.70. The van der Waals surface area contributed by atoms with E-state index >= 15 is 0 Å². The van der Waals surface area contributed by atoms with E-state index in [4.69, 9.17) is 5.11 Å². The van der Waals surface area contributed by atoms with Crippen molar-refractivity contribution in [1.29, 1.82) is 0 Å². The topological polar surface area (TPSA) is 93.6 Å². The highest BCUT2D eigenvalue weighted by atomic mass is 19.4. The number of rotatable bonds is 7. The number of aliphatic hydroxyl groups excluding tert-OH is 1. The van der Waals surface area contributed by atoms with Gasteiger partial charge in [0.25, 0.3) is 0 Å². The van der Waals surface area contributed by atoms with Crippen LogP contribution in [0.25, 0.3) is 0 Å². The summed E-state index contributed by atoms with van der Waals surface area (Å²) in [5.74, 6) is 1.42. The molecule has 33 heavy (non-hydrogen) atoms. The molecule has 3 N–H and O–H groups in total. The Hall–Kier alpha value is -3.08. The van der Waals surface area contributed by atoms with Crippen molar-refractivity contribution in [2.75, 3.05) is 48.4 Å². The molecule has 3 heterocycles. The summed E-state index contributed by atoms with van der Waals surface area (Å²) in [6.07, 6.45) is -1.29. The van der Waals surface area contributed by atoms with E-state index in [0.29, 0.717) is 42.6 Å². The highest BCUT2D eigenvalue weighted by molar-refractivity contribution is 5.89. The Kier molecular flexibility index (Phi) is 7.96. The molecule has 0 unspecified atom stereocenters. The number of aromatic nitrogens is 2. The number of likely N-dealkylation sites (N-methyl/N-ethyl adjacent to an activating group) is 1. The first-order chi connectivity index (χ1) is 15.7. The molecule has 0 bridgehead atoms. The fourth-order valence-electron chi connectivity index (χ4n) is 3.57. The quantitative estimate of drug-likeness (QED) is 0.579. The molecule has 2 amide bonds. The van der Waals surface area contributed by atoms with Crippen LogP contribution in [0.2, 0.25) is 0 Å². The van der Waals surface area contributed by atoms with E-state index in [1.165, 1.54) is 12.3 Å². The van der Waals surface area contributed by atoms with Crippen LogP contribution in [0.4, 0.5) is 35.3 Å². The summed E-state index contributed by atoms with van der Waals surface area (Å²) in [6, 6.07) is 5.19. The fourth-order valence-corrected chi connectivity index (χ4v) is 3.57. The highest BCUT2D eigenvalue weighted by Gasteiger charge is 2.34. The number of anilines is 3. The van der Waals surface area contributed by atoms with E-state index in [1.54, 1.807) is 24.1 Å². The summed E-state index contributed by atoms with van der Waals surface area (Å²) in [7, 11) is 1.79. The van der Waals surface area contributed by atoms with Gasteiger partial charge in [-0.3, -0.25) is 0 Å². The van der Waals surface area contributed by atoms with E-state index in [-0.39, 0.29) is 19.0 Å². The summed E-state index contributed by atoms with van der Waals surface area (Å²) in [5.41, 5.74) is 0.0397. The van der Waals surface area contributed by atoms with Gasteiger partial charge in [-0.1, -0.05) is 13.0 Å². The normalized spacial score (nSPS) is 14.8. The molecule has 0 aliphatic carbocycles. The van der Waals surface area contributed by atoms with Crippen molar-refractivity contribution >= 4 is 23.4 Å². The second-order valence-corrected chi connectivity index (χ2v) is 8.20. The van der Waals surface area contributed by atoms with E-state index in [9.17, 15) is 18.0 Å². The van der Waals surface area contributed by atoms with Gasteiger partial charge in [-0.15, -0.1) is 0 Å². The monoisotopic (exact) mass is 466 g/mol. The van der Waals surface area contributed by atoms with Crippen molar-refractivity contribution in [1.82, 2.24) is 15.3 Å². The van der Waals surface area contributed by atoms with Gasteiger partial charge in [-0.25, -0.2) is 14.8 Å². The maximum Gasteiger partial charge on any atom is 0.433 e. The van der Waals surface area contributed by atoms with Crippen LogP contribution in [0.5, 0.6) is 0 Å². The smallest absolute Gasteiger partial charge is 0.395 e. The van der Waals surface area contributed by atoms with E-state index in [2.05, 4.69) is 27.5 Å². The van der Waals surface area contributed by atoms with Crippen molar-refractivity contribution in [3.63, 3.8) is 0 Å². The summed E-state index contributed by atoms with van der Waals surface area (Å²) in [6.45, 7) is 3.82. The second kappa shape index (κ2) is 10.7. The minimum Gasteiger partial charge on any atom is -0.395 e. The van der Waals surface area contributed by atoms with Gasteiger partial charge in [-0.2, -0.15) is 13.2 Å². The second-order valence-electron chi connectivity index (χ2n) is 8.20. The lowest BCUT2D eigenvalue weighted by Gasteiger charge is -2.33. The van der Waals surface area contributed by atoms with Gasteiger partial charge in [0.05, 0.1) is 18.5 Å². The largest absolute Gasteiger partial charge is 0.433 e. The molecule has 0 saturated carbocycles. The zero-order valence-corrected chi connectivity index (χ0v) is 18.7. The van der Waals surface area contributed by atoms with Crippen molar-refractivity contribution in [2.24, 2.45) is 5.92 Å². The first kappa shape index (κ1) is 24.6. The van der Waals surface area contributed by atoms with Crippen LogP contribution in [0.1, 0.15) is 31.0 Å². The maximum atomic E-state index is 13.2. The molecule has 2 aromatic heterocycles. The van der Waals surface area contributed by atoms with Crippen molar-refractivity contribution in [3.05, 3.63) is 41.7 Å². The number of nitrogens with zero attached hydrogens (tertiary/aromatic N) is 4. The van der Waals surface area contributed by atoms with Crippen molar-refractivity contribution in [3.8, 4) is 0 Å². The molecule has 8 nitrogen and oxygen atoms in total. The zero-order chi connectivity index (χ0) is 24.0. The average Bonchev–Trinajstić information content (AvgIpc) is 2.78. The molecule has 0 aromatic carbocycles. The summed E-state index contributed by atoms with van der Waals surface area (Å²) < 4.78 is 39.7. The van der Waals surface area contributed by atoms with Gasteiger partial charge in [0.15, 0.2) is 0 Å². The molecule has 1 fully saturated rings. The standard InChI is InChI=1S/C22H29F3N6O2/c1-15-7-9-31(10-8-15)20-16(3-5-18(29-20)22(23,24)25)13-27-21(33)28-17-4-6-19(26-14-17)30(2)11-12-32/h3-6,14-15,32H,7-13H2,1-2H3,(H2,27,28,33). The van der Waals surface area contributed by atoms with Gasteiger partial charge in [0.1, 0.15) is 17.3 Å². The van der Waals surface area contributed by atoms with Gasteiger partial charge in [0, 0.05) is 38.8 Å². The molecule has 2 aromatic rings. The molecule has 0 spiro atoms. The number of alkyl halides is 3. The Bertz CT molecular complexity index is 931. The number of urea groups is 1. The van der Waals surface area contributed by atoms with Gasteiger partial charge < -0.3 is 25.5 Å². The number of nitrogens with one attached hydrogen (secondary N) is 2. The number of pyridine rings is 2. The lowest BCUT2D eigenvalue weighted by atomic mass is 9.99. The van der Waals surface area contributed by atoms with Crippen LogP contribution in [-0.2, 0) is 12.7 Å². The van der Waals surface area contributed by atoms with Crippen LogP contribution < -0.4 is 20.4 Å². The number of piperidine rings is 1. The predicted octanol–water partition coefficient (Wildman–Crippen LogP) is 3.48. The lowest BCUT2D eigenvalue weighted by Crippen LogP contribution is -2.35. The van der Waals surface area contributed by atoms with Crippen LogP contribution >= 0.6 is 0 Å². The molecule has 3 rings (SSSR count). The van der Waals surface area contributed by atoms with Gasteiger partial charge in [0.2, 0.25) is 0 Å². The number of halogens is 3. The van der Waals surface area contributed by atoms with Crippen LogP contribution in [0, 0.1) is 5.92 Å². The summed E-state index contributed by atoms with van der Waals surface area (Å²) in [5, 5.41) is 14.3. The number of aliphatic hydroxyl groups is 1. The first-order valence-corrected chi connectivity index (χ1v) is 10.8. The molecular formula is C22H29F3N6O2. The SMILES string of the molecule is CC1CCN(c2nc(C(F)(F)F)ccc2CNC(=O)Nc2ccc(N(C)CCO)nc2)CC1.